The molecule has 1 aliphatic heterocycles. The Balaban J connectivity index is 1.83. The summed E-state index contributed by atoms with van der Waals surface area (Å²) in [5.74, 6) is 0.320. The van der Waals surface area contributed by atoms with E-state index < -0.39 is 0 Å². The molecule has 1 unspecified atom stereocenters. The standard InChI is InChI=1S/C18H20N4O2/c1-11-10-21(18(24)13-3-4-13)17-7-14(15-8-19-20-9-15)5-6-16(17)22(11)12(2)23/h5-9,11,13H,3-4,10H2,1-2H3,(H,19,20). The van der Waals surface area contributed by atoms with Crippen LogP contribution < -0.4 is 9.80 Å². The van der Waals surface area contributed by atoms with E-state index in [2.05, 4.69) is 10.2 Å². The number of H-pyrrole nitrogens is 1. The largest absolute Gasteiger partial charge is 0.308 e. The quantitative estimate of drug-likeness (QED) is 0.923. The molecule has 0 radical (unpaired) electrons. The van der Waals surface area contributed by atoms with E-state index in [0.717, 1.165) is 35.3 Å². The van der Waals surface area contributed by atoms with Crippen LogP contribution in [-0.4, -0.2) is 34.6 Å². The van der Waals surface area contributed by atoms with E-state index >= 15 is 0 Å². The molecule has 1 aromatic heterocycles. The van der Waals surface area contributed by atoms with E-state index in [0.29, 0.717) is 6.54 Å². The molecule has 1 fully saturated rings. The van der Waals surface area contributed by atoms with Crippen LogP contribution in [0.15, 0.2) is 30.6 Å². The van der Waals surface area contributed by atoms with Crippen LogP contribution in [0, 0.1) is 5.92 Å². The van der Waals surface area contributed by atoms with Crippen molar-refractivity contribution in [1.82, 2.24) is 10.2 Å². The number of carbonyl (C=O) groups excluding carboxylic acids is 2. The first-order chi connectivity index (χ1) is 11.6. The van der Waals surface area contributed by atoms with E-state index in [1.807, 2.05) is 36.2 Å². The van der Waals surface area contributed by atoms with Crippen LogP contribution in [0.1, 0.15) is 26.7 Å². The molecule has 0 spiro atoms. The number of hydrogen-bond acceptors (Lipinski definition) is 3. The van der Waals surface area contributed by atoms with Crippen molar-refractivity contribution in [3.63, 3.8) is 0 Å². The van der Waals surface area contributed by atoms with Crippen molar-refractivity contribution in [2.24, 2.45) is 5.92 Å². The highest BCUT2D eigenvalue weighted by molar-refractivity contribution is 6.06. The van der Waals surface area contributed by atoms with Crippen LogP contribution in [0.25, 0.3) is 11.1 Å². The molecule has 124 valence electrons. The molecule has 2 aromatic rings. The molecule has 2 heterocycles. The van der Waals surface area contributed by atoms with Gasteiger partial charge in [0.15, 0.2) is 0 Å². The molecular formula is C18H20N4O2. The van der Waals surface area contributed by atoms with Crippen molar-refractivity contribution in [3.05, 3.63) is 30.6 Å². The molecule has 1 N–H and O–H groups in total. The van der Waals surface area contributed by atoms with Gasteiger partial charge >= 0.3 is 0 Å². The summed E-state index contributed by atoms with van der Waals surface area (Å²) >= 11 is 0. The highest BCUT2D eigenvalue weighted by Gasteiger charge is 2.39. The van der Waals surface area contributed by atoms with E-state index in [1.165, 1.54) is 0 Å². The number of hydrogen-bond donors (Lipinski definition) is 1. The monoisotopic (exact) mass is 324 g/mol. The zero-order valence-corrected chi connectivity index (χ0v) is 13.8. The smallest absolute Gasteiger partial charge is 0.230 e. The molecular weight excluding hydrogens is 304 g/mol. The Morgan fingerprint density at radius 3 is 2.62 bits per heavy atom. The average molecular weight is 324 g/mol. The Bertz CT molecular complexity index is 795. The number of amides is 2. The minimum absolute atomic E-state index is 0.00154. The fourth-order valence-corrected chi connectivity index (χ4v) is 3.45. The maximum atomic E-state index is 12.7. The van der Waals surface area contributed by atoms with Crippen molar-refractivity contribution in [3.8, 4) is 11.1 Å². The number of nitrogens with one attached hydrogen (secondary N) is 1. The van der Waals surface area contributed by atoms with Gasteiger partial charge in [-0.05, 0) is 37.5 Å². The lowest BCUT2D eigenvalue weighted by Gasteiger charge is -2.41. The van der Waals surface area contributed by atoms with Crippen LogP contribution in [-0.2, 0) is 9.59 Å². The predicted molar refractivity (Wildman–Crippen MR) is 91.7 cm³/mol. The zero-order chi connectivity index (χ0) is 16.8. The number of benzene rings is 1. The second kappa shape index (κ2) is 5.47. The molecule has 2 amide bonds. The molecule has 0 saturated heterocycles. The Kier molecular flexibility index (Phi) is 3.40. The van der Waals surface area contributed by atoms with Crippen LogP contribution in [0.5, 0.6) is 0 Å². The van der Waals surface area contributed by atoms with Crippen molar-refractivity contribution in [2.45, 2.75) is 32.7 Å². The number of fused-ring (bicyclic) bond motifs is 1. The molecule has 2 aliphatic rings. The van der Waals surface area contributed by atoms with E-state index in [4.69, 9.17) is 0 Å². The molecule has 4 rings (SSSR count). The zero-order valence-electron chi connectivity index (χ0n) is 13.8. The van der Waals surface area contributed by atoms with Crippen molar-refractivity contribution >= 4 is 23.2 Å². The van der Waals surface area contributed by atoms with Crippen molar-refractivity contribution < 1.29 is 9.59 Å². The van der Waals surface area contributed by atoms with Crippen molar-refractivity contribution in [1.29, 1.82) is 0 Å². The number of aromatic amines is 1. The average Bonchev–Trinajstić information content (AvgIpc) is 3.27. The van der Waals surface area contributed by atoms with Crippen LogP contribution in [0.3, 0.4) is 0 Å². The normalized spacial score (nSPS) is 20.0. The fraction of sp³-hybridized carbons (Fsp3) is 0.389. The molecule has 1 aliphatic carbocycles. The van der Waals surface area contributed by atoms with Gasteiger partial charge in [0, 0.05) is 31.1 Å². The number of carbonyl (C=O) groups is 2. The first-order valence-corrected chi connectivity index (χ1v) is 8.30. The van der Waals surface area contributed by atoms with Crippen molar-refractivity contribution in [2.75, 3.05) is 16.3 Å². The van der Waals surface area contributed by atoms with Gasteiger partial charge < -0.3 is 9.80 Å². The second-order valence-corrected chi connectivity index (χ2v) is 6.65. The van der Waals surface area contributed by atoms with Crippen LogP contribution >= 0.6 is 0 Å². The summed E-state index contributed by atoms with van der Waals surface area (Å²) in [5.41, 5.74) is 3.57. The van der Waals surface area contributed by atoms with Gasteiger partial charge in [0.1, 0.15) is 0 Å². The van der Waals surface area contributed by atoms with E-state index in [1.54, 1.807) is 18.0 Å². The Labute approximate surface area is 140 Å². The van der Waals surface area contributed by atoms with Gasteiger partial charge in [0.2, 0.25) is 11.8 Å². The first-order valence-electron chi connectivity index (χ1n) is 8.30. The van der Waals surface area contributed by atoms with Gasteiger partial charge in [-0.1, -0.05) is 6.07 Å². The summed E-state index contributed by atoms with van der Waals surface area (Å²) in [6.07, 6.45) is 5.51. The number of nitrogens with zero attached hydrogens (tertiary/aromatic N) is 3. The topological polar surface area (TPSA) is 69.3 Å². The Hall–Kier alpha value is -2.63. The fourth-order valence-electron chi connectivity index (χ4n) is 3.45. The molecule has 1 saturated carbocycles. The minimum Gasteiger partial charge on any atom is -0.308 e. The lowest BCUT2D eigenvalue weighted by molar-refractivity contribution is -0.120. The van der Waals surface area contributed by atoms with Crippen LogP contribution in [0.4, 0.5) is 11.4 Å². The molecule has 6 nitrogen and oxygen atoms in total. The molecule has 6 heteroatoms. The SMILES string of the molecule is CC(=O)N1c2ccc(-c3cn[nH]c3)cc2N(C(=O)C2CC2)CC1C. The highest BCUT2D eigenvalue weighted by Crippen LogP contribution is 2.41. The maximum Gasteiger partial charge on any atom is 0.230 e. The number of rotatable bonds is 2. The van der Waals surface area contributed by atoms with Gasteiger partial charge in [-0.15, -0.1) is 0 Å². The molecule has 0 bridgehead atoms. The predicted octanol–water partition coefficient (Wildman–Crippen LogP) is 2.57. The lowest BCUT2D eigenvalue weighted by Crippen LogP contribution is -2.51. The van der Waals surface area contributed by atoms with Gasteiger partial charge in [0.05, 0.1) is 23.6 Å². The number of anilines is 2. The Morgan fingerprint density at radius 2 is 2.00 bits per heavy atom. The minimum atomic E-state index is -0.0301. The summed E-state index contributed by atoms with van der Waals surface area (Å²) in [6.45, 7) is 4.10. The third kappa shape index (κ3) is 2.38. The molecule has 1 atom stereocenters. The highest BCUT2D eigenvalue weighted by atomic mass is 16.2. The first kappa shape index (κ1) is 14.9. The van der Waals surface area contributed by atoms with Crippen LogP contribution in [0.2, 0.25) is 0 Å². The lowest BCUT2D eigenvalue weighted by atomic mass is 10.0. The second-order valence-electron chi connectivity index (χ2n) is 6.65. The third-order valence-electron chi connectivity index (χ3n) is 4.78. The number of aromatic nitrogens is 2. The summed E-state index contributed by atoms with van der Waals surface area (Å²) < 4.78 is 0. The Morgan fingerprint density at radius 1 is 1.21 bits per heavy atom. The van der Waals surface area contributed by atoms with Gasteiger partial charge in [-0.25, -0.2) is 0 Å². The summed E-state index contributed by atoms with van der Waals surface area (Å²) in [4.78, 5) is 28.5. The van der Waals surface area contributed by atoms with Gasteiger partial charge in [0.25, 0.3) is 0 Å². The molecule has 1 aromatic carbocycles. The summed E-state index contributed by atoms with van der Waals surface area (Å²) in [7, 11) is 0. The molecule has 24 heavy (non-hydrogen) atoms. The van der Waals surface area contributed by atoms with Gasteiger partial charge in [-0.3, -0.25) is 14.7 Å². The third-order valence-corrected chi connectivity index (χ3v) is 4.78. The summed E-state index contributed by atoms with van der Waals surface area (Å²) in [5, 5.41) is 6.80. The van der Waals surface area contributed by atoms with Gasteiger partial charge in [-0.2, -0.15) is 5.10 Å². The maximum absolute atomic E-state index is 12.7. The van der Waals surface area contributed by atoms with E-state index in [-0.39, 0.29) is 23.8 Å². The van der Waals surface area contributed by atoms with E-state index in [9.17, 15) is 9.59 Å². The summed E-state index contributed by atoms with van der Waals surface area (Å²) in [6, 6.07) is 5.86.